The minimum atomic E-state index is -0.102. The van der Waals surface area contributed by atoms with Crippen molar-refractivity contribution in [3.8, 4) is 6.07 Å². The Balaban J connectivity index is 1.55. The quantitative estimate of drug-likeness (QED) is 0.707. The van der Waals surface area contributed by atoms with Crippen LogP contribution in [0.25, 0.3) is 0 Å². The first-order valence-corrected chi connectivity index (χ1v) is 11.2. The van der Waals surface area contributed by atoms with Crippen LogP contribution in [0, 0.1) is 11.3 Å². The van der Waals surface area contributed by atoms with Gasteiger partial charge in [-0.05, 0) is 31.2 Å². The van der Waals surface area contributed by atoms with Gasteiger partial charge in [0.05, 0.1) is 11.3 Å². The third kappa shape index (κ3) is 4.11. The van der Waals surface area contributed by atoms with Gasteiger partial charge >= 0.3 is 0 Å². The lowest BCUT2D eigenvalue weighted by atomic mass is 10.1. The van der Waals surface area contributed by atoms with E-state index in [0.29, 0.717) is 10.6 Å². The number of thioether (sulfide) groups is 2. The molecule has 1 N–H and O–H groups in total. The molecule has 2 heterocycles. The zero-order valence-electron chi connectivity index (χ0n) is 13.1. The van der Waals surface area contributed by atoms with Crippen LogP contribution in [-0.4, -0.2) is 27.6 Å². The number of thiophene rings is 1. The summed E-state index contributed by atoms with van der Waals surface area (Å²) in [5.41, 5.74) is 1.78. The van der Waals surface area contributed by atoms with Crippen molar-refractivity contribution < 1.29 is 4.79 Å². The van der Waals surface area contributed by atoms with E-state index in [-0.39, 0.29) is 11.7 Å². The number of nitrogens with one attached hydrogen (secondary N) is 1. The second-order valence-corrected chi connectivity index (χ2v) is 9.84. The number of amides is 1. The third-order valence-electron chi connectivity index (χ3n) is 3.43. The number of aromatic nitrogens is 2. The minimum absolute atomic E-state index is 0.102. The Morgan fingerprint density at radius 1 is 1.29 bits per heavy atom. The number of fused-ring (bicyclic) bond motifs is 1. The number of carbonyl (C=O) groups is 1. The topological polar surface area (TPSA) is 78.7 Å². The lowest BCUT2D eigenvalue weighted by Gasteiger charge is -2.02. The fourth-order valence-corrected chi connectivity index (χ4v) is 6.41. The zero-order chi connectivity index (χ0) is 16.9. The van der Waals surface area contributed by atoms with Gasteiger partial charge in [0.25, 0.3) is 0 Å². The van der Waals surface area contributed by atoms with Gasteiger partial charge in [-0.2, -0.15) is 5.26 Å². The number of nitrogens with zero attached hydrogens (tertiary/aromatic N) is 3. The van der Waals surface area contributed by atoms with Crippen LogP contribution < -0.4 is 5.32 Å². The Kier molecular flexibility index (Phi) is 6.16. The maximum Gasteiger partial charge on any atom is 0.235 e. The molecule has 1 aliphatic rings. The largest absolute Gasteiger partial charge is 0.316 e. The molecule has 1 amide bonds. The maximum atomic E-state index is 12.2. The fraction of sp³-hybridized carbons (Fsp3) is 0.467. The van der Waals surface area contributed by atoms with Gasteiger partial charge in [-0.1, -0.05) is 41.8 Å². The first-order valence-electron chi connectivity index (χ1n) is 7.64. The predicted molar refractivity (Wildman–Crippen MR) is 101 cm³/mol. The van der Waals surface area contributed by atoms with Gasteiger partial charge < -0.3 is 5.32 Å². The van der Waals surface area contributed by atoms with E-state index in [2.05, 4.69) is 28.5 Å². The number of hydrogen-bond donors (Lipinski definition) is 1. The average molecular weight is 397 g/mol. The molecule has 5 nitrogen and oxygen atoms in total. The Morgan fingerprint density at radius 3 is 2.83 bits per heavy atom. The van der Waals surface area contributed by atoms with Crippen molar-refractivity contribution in [1.29, 1.82) is 5.26 Å². The number of rotatable bonds is 7. The monoisotopic (exact) mass is 396 g/mol. The van der Waals surface area contributed by atoms with Gasteiger partial charge in [0.15, 0.2) is 8.68 Å². The van der Waals surface area contributed by atoms with Gasteiger partial charge in [-0.25, -0.2) is 0 Å². The van der Waals surface area contributed by atoms with E-state index in [1.807, 2.05) is 0 Å². The Hall–Kier alpha value is -1.08. The van der Waals surface area contributed by atoms with Crippen LogP contribution in [-0.2, 0) is 17.6 Å². The predicted octanol–water partition coefficient (Wildman–Crippen LogP) is 4.19. The molecular formula is C15H16N4OS4. The van der Waals surface area contributed by atoms with Gasteiger partial charge in [0.1, 0.15) is 11.1 Å². The number of anilines is 1. The molecule has 2 aromatic rings. The lowest BCUT2D eigenvalue weighted by molar-refractivity contribution is -0.113. The molecule has 0 aromatic carbocycles. The van der Waals surface area contributed by atoms with Crippen LogP contribution >= 0.6 is 46.2 Å². The first-order chi connectivity index (χ1) is 11.7. The second kappa shape index (κ2) is 8.34. The van der Waals surface area contributed by atoms with Gasteiger partial charge in [0.2, 0.25) is 5.91 Å². The minimum Gasteiger partial charge on any atom is -0.316 e. The van der Waals surface area contributed by atoms with Crippen molar-refractivity contribution in [2.45, 2.75) is 41.3 Å². The molecule has 1 aliphatic carbocycles. The van der Waals surface area contributed by atoms with Crippen LogP contribution in [0.2, 0.25) is 0 Å². The zero-order valence-corrected chi connectivity index (χ0v) is 16.4. The number of carbonyl (C=O) groups excluding carboxylic acids is 1. The summed E-state index contributed by atoms with van der Waals surface area (Å²) in [6.07, 6.45) is 4.17. The SMILES string of the molecule is CCCSc1nnc(SCC(=O)Nc2sc3c(c2C#N)CCC3)s1. The Labute approximate surface area is 157 Å². The molecule has 0 fully saturated rings. The molecule has 0 atom stereocenters. The highest BCUT2D eigenvalue weighted by molar-refractivity contribution is 8.03. The van der Waals surface area contributed by atoms with Crippen LogP contribution in [0.15, 0.2) is 8.68 Å². The molecule has 0 spiro atoms. The number of hydrogen-bond acceptors (Lipinski definition) is 8. The highest BCUT2D eigenvalue weighted by Crippen LogP contribution is 2.38. The normalized spacial score (nSPS) is 12.8. The van der Waals surface area contributed by atoms with Gasteiger partial charge in [-0.15, -0.1) is 21.5 Å². The van der Waals surface area contributed by atoms with E-state index in [0.717, 1.165) is 45.7 Å². The Bertz CT molecular complexity index is 777. The molecule has 9 heteroatoms. The molecule has 0 aliphatic heterocycles. The van der Waals surface area contributed by atoms with Crippen molar-refractivity contribution in [3.63, 3.8) is 0 Å². The summed E-state index contributed by atoms with van der Waals surface area (Å²) in [5.74, 6) is 1.20. The first kappa shape index (κ1) is 17.7. The fourth-order valence-electron chi connectivity index (χ4n) is 2.40. The summed E-state index contributed by atoms with van der Waals surface area (Å²) in [7, 11) is 0. The number of aryl methyl sites for hydroxylation is 1. The van der Waals surface area contributed by atoms with E-state index >= 15 is 0 Å². The average Bonchev–Trinajstić information content (AvgIpc) is 3.26. The van der Waals surface area contributed by atoms with E-state index < -0.39 is 0 Å². The van der Waals surface area contributed by atoms with Gasteiger partial charge in [0, 0.05) is 10.6 Å². The van der Waals surface area contributed by atoms with Crippen molar-refractivity contribution >= 4 is 57.1 Å². The molecule has 24 heavy (non-hydrogen) atoms. The summed E-state index contributed by atoms with van der Waals surface area (Å²) < 4.78 is 1.75. The van der Waals surface area contributed by atoms with Gasteiger partial charge in [-0.3, -0.25) is 4.79 Å². The molecule has 0 saturated carbocycles. The highest BCUT2D eigenvalue weighted by atomic mass is 32.2. The van der Waals surface area contributed by atoms with Crippen molar-refractivity contribution in [3.05, 3.63) is 16.0 Å². The molecule has 3 rings (SSSR count). The van der Waals surface area contributed by atoms with Crippen molar-refractivity contribution in [2.24, 2.45) is 0 Å². The van der Waals surface area contributed by atoms with Crippen LogP contribution in [0.3, 0.4) is 0 Å². The molecular weight excluding hydrogens is 380 g/mol. The van der Waals surface area contributed by atoms with Crippen LogP contribution in [0.4, 0.5) is 5.00 Å². The lowest BCUT2D eigenvalue weighted by Crippen LogP contribution is -2.13. The second-order valence-electron chi connectivity index (χ2n) is 5.19. The smallest absolute Gasteiger partial charge is 0.235 e. The molecule has 126 valence electrons. The highest BCUT2D eigenvalue weighted by Gasteiger charge is 2.23. The number of nitriles is 1. The van der Waals surface area contributed by atoms with Crippen molar-refractivity contribution in [2.75, 3.05) is 16.8 Å². The summed E-state index contributed by atoms with van der Waals surface area (Å²) in [6.45, 7) is 2.13. The van der Waals surface area contributed by atoms with E-state index in [1.165, 1.54) is 28.0 Å². The molecule has 0 bridgehead atoms. The summed E-state index contributed by atoms with van der Waals surface area (Å²) in [4.78, 5) is 13.4. The van der Waals surface area contributed by atoms with E-state index in [9.17, 15) is 10.1 Å². The van der Waals surface area contributed by atoms with Crippen LogP contribution in [0.1, 0.15) is 35.8 Å². The van der Waals surface area contributed by atoms with Crippen LogP contribution in [0.5, 0.6) is 0 Å². The third-order valence-corrected chi connectivity index (χ3v) is 8.03. The van der Waals surface area contributed by atoms with Crippen molar-refractivity contribution in [1.82, 2.24) is 10.2 Å². The molecule has 0 saturated heterocycles. The summed E-state index contributed by atoms with van der Waals surface area (Å²) in [5, 5.41) is 21.2. The maximum absolute atomic E-state index is 12.2. The molecule has 0 unspecified atom stereocenters. The van der Waals surface area contributed by atoms with E-state index in [4.69, 9.17) is 0 Å². The molecule has 0 radical (unpaired) electrons. The Morgan fingerprint density at radius 2 is 2.08 bits per heavy atom. The van der Waals surface area contributed by atoms with E-state index in [1.54, 1.807) is 23.1 Å². The standard InChI is InChI=1S/C15H16N4OS4/c1-2-6-21-14-18-19-15(24-14)22-8-12(20)17-13-10(7-16)9-4-3-5-11(9)23-13/h2-6,8H2,1H3,(H,17,20). The summed E-state index contributed by atoms with van der Waals surface area (Å²) >= 11 is 6.15. The molecule has 2 aromatic heterocycles. The summed E-state index contributed by atoms with van der Waals surface area (Å²) in [6, 6.07) is 2.24.